The van der Waals surface area contributed by atoms with Crippen LogP contribution in [0.25, 0.3) is 0 Å². The molecule has 4 rings (SSSR count). The first-order valence-electron chi connectivity index (χ1n) is 7.75. The van der Waals surface area contributed by atoms with E-state index in [-0.39, 0.29) is 5.92 Å². The number of hydrogen-bond acceptors (Lipinski definition) is 6. The van der Waals surface area contributed by atoms with Crippen LogP contribution in [-0.4, -0.2) is 59.4 Å². The van der Waals surface area contributed by atoms with E-state index in [1.807, 2.05) is 0 Å². The maximum atomic E-state index is 12.8. The lowest BCUT2D eigenvalue weighted by atomic mass is 9.98. The lowest BCUT2D eigenvalue weighted by molar-refractivity contribution is -0.139. The van der Waals surface area contributed by atoms with Gasteiger partial charge in [-0.3, -0.25) is 4.79 Å². The molecule has 1 aromatic rings. The molecule has 4 heterocycles. The van der Waals surface area contributed by atoms with Crippen LogP contribution in [0.5, 0.6) is 0 Å². The minimum absolute atomic E-state index is 0.174. The number of amides is 1. The second kappa shape index (κ2) is 5.53. The van der Waals surface area contributed by atoms with Crippen LogP contribution in [-0.2, 0) is 9.53 Å². The lowest BCUT2D eigenvalue weighted by Gasteiger charge is -2.30. The normalized spacial score (nSPS) is 29.9. The third-order valence-corrected chi connectivity index (χ3v) is 5.75. The zero-order chi connectivity index (χ0) is 14.2. The number of carbonyl (C=O) groups is 1. The second-order valence-electron chi connectivity index (χ2n) is 6.05. The molecule has 0 unspecified atom stereocenters. The molecule has 0 radical (unpaired) electrons. The third-order valence-electron chi connectivity index (χ3n) is 5.02. The number of aromatic nitrogens is 2. The molecule has 6 nitrogen and oxygen atoms in total. The van der Waals surface area contributed by atoms with Crippen molar-refractivity contribution < 1.29 is 9.53 Å². The Balaban J connectivity index is 1.46. The van der Waals surface area contributed by atoms with Crippen molar-refractivity contribution in [3.05, 3.63) is 5.51 Å². The molecular weight excluding hydrogens is 288 g/mol. The molecule has 0 saturated carbocycles. The lowest BCUT2D eigenvalue weighted by Crippen LogP contribution is -2.43. The van der Waals surface area contributed by atoms with Crippen LogP contribution in [0.15, 0.2) is 5.51 Å². The highest BCUT2D eigenvalue weighted by atomic mass is 32.1. The molecule has 1 amide bonds. The molecule has 21 heavy (non-hydrogen) atoms. The predicted molar refractivity (Wildman–Crippen MR) is 79.3 cm³/mol. The van der Waals surface area contributed by atoms with Crippen LogP contribution in [0.1, 0.15) is 25.7 Å². The highest BCUT2D eigenvalue weighted by Crippen LogP contribution is 2.36. The summed E-state index contributed by atoms with van der Waals surface area (Å²) in [6.07, 6.45) is 3.87. The van der Waals surface area contributed by atoms with Gasteiger partial charge < -0.3 is 14.5 Å². The summed E-state index contributed by atoms with van der Waals surface area (Å²) >= 11 is 1.59. The topological polar surface area (TPSA) is 58.6 Å². The summed E-state index contributed by atoms with van der Waals surface area (Å²) < 4.78 is 5.37. The van der Waals surface area contributed by atoms with Crippen LogP contribution in [0.3, 0.4) is 0 Å². The van der Waals surface area contributed by atoms with Crippen molar-refractivity contribution in [1.29, 1.82) is 0 Å². The maximum absolute atomic E-state index is 12.8. The molecule has 114 valence electrons. The van der Waals surface area contributed by atoms with Crippen molar-refractivity contribution in [2.24, 2.45) is 5.92 Å². The van der Waals surface area contributed by atoms with E-state index >= 15 is 0 Å². The van der Waals surface area contributed by atoms with Gasteiger partial charge in [-0.05, 0) is 25.7 Å². The van der Waals surface area contributed by atoms with E-state index in [1.165, 1.54) is 0 Å². The van der Waals surface area contributed by atoms with Crippen LogP contribution >= 0.6 is 11.3 Å². The Bertz CT molecular complexity index is 503. The van der Waals surface area contributed by atoms with Gasteiger partial charge in [-0.2, -0.15) is 0 Å². The molecule has 3 aliphatic heterocycles. The van der Waals surface area contributed by atoms with E-state index in [9.17, 15) is 4.79 Å². The molecule has 3 saturated heterocycles. The van der Waals surface area contributed by atoms with Gasteiger partial charge in [-0.15, -0.1) is 10.2 Å². The van der Waals surface area contributed by atoms with Gasteiger partial charge in [0.2, 0.25) is 11.0 Å². The Labute approximate surface area is 128 Å². The van der Waals surface area contributed by atoms with E-state index in [4.69, 9.17) is 4.74 Å². The average molecular weight is 308 g/mol. The Kier molecular flexibility index (Phi) is 3.54. The van der Waals surface area contributed by atoms with Crippen molar-refractivity contribution in [3.63, 3.8) is 0 Å². The van der Waals surface area contributed by atoms with Crippen LogP contribution in [0.4, 0.5) is 5.13 Å². The van der Waals surface area contributed by atoms with Crippen molar-refractivity contribution >= 4 is 22.4 Å². The van der Waals surface area contributed by atoms with E-state index in [0.29, 0.717) is 18.0 Å². The summed E-state index contributed by atoms with van der Waals surface area (Å²) in [7, 11) is 0. The summed E-state index contributed by atoms with van der Waals surface area (Å²) in [4.78, 5) is 17.3. The molecule has 0 aliphatic carbocycles. The van der Waals surface area contributed by atoms with E-state index < -0.39 is 0 Å². The first kappa shape index (κ1) is 13.5. The molecule has 0 N–H and O–H groups in total. The van der Waals surface area contributed by atoms with E-state index in [1.54, 1.807) is 16.8 Å². The van der Waals surface area contributed by atoms with Gasteiger partial charge in [0, 0.05) is 32.2 Å². The molecule has 3 aliphatic rings. The standard InChI is InChI=1S/C14H20N4O2S/c19-13(10-3-7-20-8-4-10)17-5-1-12-11(17)2-6-18(12)14-16-15-9-21-14/h9-12H,1-8H2/t11-,12+/m0/s1. The molecule has 1 aromatic heterocycles. The summed E-state index contributed by atoms with van der Waals surface area (Å²) in [5.74, 6) is 0.526. The minimum atomic E-state index is 0.174. The van der Waals surface area contributed by atoms with Crippen molar-refractivity contribution in [2.75, 3.05) is 31.2 Å². The fourth-order valence-corrected chi connectivity index (χ4v) is 4.61. The summed E-state index contributed by atoms with van der Waals surface area (Å²) in [5, 5.41) is 9.14. The summed E-state index contributed by atoms with van der Waals surface area (Å²) in [5.41, 5.74) is 1.78. The monoisotopic (exact) mass is 308 g/mol. The zero-order valence-electron chi connectivity index (χ0n) is 12.0. The fourth-order valence-electron chi connectivity index (χ4n) is 3.97. The molecule has 0 spiro atoms. The largest absolute Gasteiger partial charge is 0.381 e. The molecule has 2 atom stereocenters. The maximum Gasteiger partial charge on any atom is 0.226 e. The number of fused-ring (bicyclic) bond motifs is 1. The van der Waals surface area contributed by atoms with Gasteiger partial charge in [0.15, 0.2) is 0 Å². The number of nitrogens with zero attached hydrogens (tertiary/aromatic N) is 4. The van der Waals surface area contributed by atoms with Gasteiger partial charge in [0.25, 0.3) is 0 Å². The fraction of sp³-hybridized carbons (Fsp3) is 0.786. The summed E-state index contributed by atoms with van der Waals surface area (Å²) in [6, 6.07) is 0.797. The molecule has 0 bridgehead atoms. The highest BCUT2D eigenvalue weighted by Gasteiger charge is 2.46. The van der Waals surface area contributed by atoms with Crippen molar-refractivity contribution in [1.82, 2.24) is 15.1 Å². The Morgan fingerprint density at radius 3 is 2.76 bits per heavy atom. The number of likely N-dealkylation sites (tertiary alicyclic amines) is 1. The first-order valence-corrected chi connectivity index (χ1v) is 8.63. The second-order valence-corrected chi connectivity index (χ2v) is 6.86. The quantitative estimate of drug-likeness (QED) is 0.820. The molecule has 3 fully saturated rings. The van der Waals surface area contributed by atoms with Crippen molar-refractivity contribution in [2.45, 2.75) is 37.8 Å². The number of rotatable bonds is 2. The Morgan fingerprint density at radius 2 is 2.00 bits per heavy atom. The van der Waals surface area contributed by atoms with Crippen LogP contribution in [0.2, 0.25) is 0 Å². The summed E-state index contributed by atoms with van der Waals surface area (Å²) in [6.45, 7) is 3.34. The SMILES string of the molecule is O=C(C1CCOCC1)N1CC[C@@H]2[C@@H]1CCN2c1nncs1. The molecular formula is C14H20N4O2S. The van der Waals surface area contributed by atoms with Crippen LogP contribution in [0, 0.1) is 5.92 Å². The van der Waals surface area contributed by atoms with E-state index in [2.05, 4.69) is 20.0 Å². The zero-order valence-corrected chi connectivity index (χ0v) is 12.8. The number of ether oxygens (including phenoxy) is 1. The first-order chi connectivity index (χ1) is 10.3. The number of hydrogen-bond donors (Lipinski definition) is 0. The minimum Gasteiger partial charge on any atom is -0.381 e. The van der Waals surface area contributed by atoms with Crippen LogP contribution < -0.4 is 4.90 Å². The molecule has 7 heteroatoms. The van der Waals surface area contributed by atoms with Gasteiger partial charge in [0.05, 0.1) is 12.1 Å². The average Bonchev–Trinajstić information content (AvgIpc) is 3.24. The Hall–Kier alpha value is -1.21. The number of carbonyl (C=O) groups excluding carboxylic acids is 1. The Morgan fingerprint density at radius 1 is 1.19 bits per heavy atom. The molecule has 0 aromatic carbocycles. The van der Waals surface area contributed by atoms with Gasteiger partial charge in [0.1, 0.15) is 5.51 Å². The van der Waals surface area contributed by atoms with E-state index in [0.717, 1.165) is 57.1 Å². The van der Waals surface area contributed by atoms with Crippen molar-refractivity contribution in [3.8, 4) is 0 Å². The predicted octanol–water partition coefficient (Wildman–Crippen LogP) is 1.14. The smallest absolute Gasteiger partial charge is 0.226 e. The van der Waals surface area contributed by atoms with Gasteiger partial charge >= 0.3 is 0 Å². The third kappa shape index (κ3) is 2.32. The van der Waals surface area contributed by atoms with Gasteiger partial charge in [-0.1, -0.05) is 11.3 Å². The highest BCUT2D eigenvalue weighted by molar-refractivity contribution is 7.13. The van der Waals surface area contributed by atoms with Gasteiger partial charge in [-0.25, -0.2) is 0 Å². The number of anilines is 1.